The molecule has 14 heteroatoms. The molecule has 1 aromatic heterocycles. The zero-order valence-corrected chi connectivity index (χ0v) is 26.0. The molecule has 3 heterocycles. The summed E-state index contributed by atoms with van der Waals surface area (Å²) < 4.78 is 64.3. The first kappa shape index (κ1) is 32.8. The number of benzene rings is 3. The Balaban J connectivity index is 1.14. The van der Waals surface area contributed by atoms with Gasteiger partial charge in [0.2, 0.25) is 11.8 Å². The highest BCUT2D eigenvalue weighted by Gasteiger charge is 2.40. The summed E-state index contributed by atoms with van der Waals surface area (Å²) in [7, 11) is 0. The van der Waals surface area contributed by atoms with Crippen molar-refractivity contribution in [3.63, 3.8) is 0 Å². The zero-order chi connectivity index (χ0) is 33.8. The zero-order valence-electron chi connectivity index (χ0n) is 25.2. The molecule has 1 N–H and O–H groups in total. The Hall–Kier alpha value is -5.11. The van der Waals surface area contributed by atoms with Crippen LogP contribution in [0.3, 0.4) is 0 Å². The quantitative estimate of drug-likeness (QED) is 0.192. The van der Waals surface area contributed by atoms with Gasteiger partial charge in [-0.25, -0.2) is 14.2 Å². The Morgan fingerprint density at radius 3 is 2.48 bits per heavy atom. The number of likely N-dealkylation sites (tertiary alicyclic amines) is 1. The number of thioether (sulfide) groups is 1. The van der Waals surface area contributed by atoms with E-state index < -0.39 is 34.9 Å². The van der Waals surface area contributed by atoms with Crippen LogP contribution < -0.4 is 5.32 Å². The summed E-state index contributed by atoms with van der Waals surface area (Å²) in [6, 6.07) is 20.7. The Morgan fingerprint density at radius 2 is 1.79 bits per heavy atom. The molecule has 2 fully saturated rings. The second-order valence-corrected chi connectivity index (χ2v) is 12.1. The fraction of sp³-hybridized carbons (Fsp3) is 0.235. The second kappa shape index (κ2) is 13.9. The number of hydrogen-bond donors (Lipinski definition) is 1. The van der Waals surface area contributed by atoms with Crippen molar-refractivity contribution in [2.24, 2.45) is 4.99 Å². The highest BCUT2D eigenvalue weighted by atomic mass is 32.2. The monoisotopic (exact) mass is 680 g/mol. The van der Waals surface area contributed by atoms with E-state index in [4.69, 9.17) is 9.15 Å². The van der Waals surface area contributed by atoms with Gasteiger partial charge in [0.25, 0.3) is 0 Å². The van der Waals surface area contributed by atoms with Crippen molar-refractivity contribution in [2.45, 2.75) is 43.5 Å². The highest BCUT2D eigenvalue weighted by molar-refractivity contribution is 8.15. The van der Waals surface area contributed by atoms with Gasteiger partial charge in [0.1, 0.15) is 29.5 Å². The summed E-state index contributed by atoms with van der Waals surface area (Å²) in [5, 5.41) is 2.20. The van der Waals surface area contributed by atoms with E-state index in [0.717, 1.165) is 23.4 Å². The molecule has 6 rings (SSSR count). The molecule has 2 saturated heterocycles. The van der Waals surface area contributed by atoms with Crippen LogP contribution in [-0.2, 0) is 33.7 Å². The van der Waals surface area contributed by atoms with Crippen LogP contribution in [-0.4, -0.2) is 45.5 Å². The number of alkyl halides is 3. The Bertz CT molecular complexity index is 1820. The molecule has 0 spiro atoms. The predicted octanol–water partition coefficient (Wildman–Crippen LogP) is 7.68. The summed E-state index contributed by atoms with van der Waals surface area (Å²) >= 11 is 1.05. The lowest BCUT2D eigenvalue weighted by Crippen LogP contribution is -2.43. The number of rotatable bonds is 8. The van der Waals surface area contributed by atoms with Gasteiger partial charge in [0.15, 0.2) is 5.17 Å². The number of carbonyl (C=O) groups is 3. The molecule has 2 aliphatic heterocycles. The minimum absolute atomic E-state index is 0.00288. The van der Waals surface area contributed by atoms with Crippen molar-refractivity contribution >= 4 is 46.2 Å². The fourth-order valence-electron chi connectivity index (χ4n) is 5.40. The molecule has 0 saturated carbocycles. The highest BCUT2D eigenvalue weighted by Crippen LogP contribution is 2.42. The average molecular weight is 681 g/mol. The first-order valence-corrected chi connectivity index (χ1v) is 15.8. The molecule has 0 aliphatic carbocycles. The smallest absolute Gasteiger partial charge is 0.419 e. The van der Waals surface area contributed by atoms with Gasteiger partial charge in [-0.2, -0.15) is 13.2 Å². The van der Waals surface area contributed by atoms with E-state index in [2.05, 4.69) is 10.3 Å². The molecule has 248 valence electrons. The first-order chi connectivity index (χ1) is 23.1. The maximum atomic E-state index is 14.3. The van der Waals surface area contributed by atoms with E-state index in [-0.39, 0.29) is 35.8 Å². The van der Waals surface area contributed by atoms with Gasteiger partial charge in [-0.3, -0.25) is 19.4 Å². The number of amidine groups is 1. The van der Waals surface area contributed by atoms with E-state index in [9.17, 15) is 31.9 Å². The third-order valence-electron chi connectivity index (χ3n) is 7.80. The topological polar surface area (TPSA) is 104 Å². The molecule has 4 aromatic rings. The lowest BCUT2D eigenvalue weighted by Gasteiger charge is -2.23. The van der Waals surface area contributed by atoms with Crippen molar-refractivity contribution in [2.75, 3.05) is 11.9 Å². The Kier molecular flexibility index (Phi) is 9.53. The van der Waals surface area contributed by atoms with E-state index >= 15 is 0 Å². The van der Waals surface area contributed by atoms with Crippen LogP contribution in [0.2, 0.25) is 0 Å². The summed E-state index contributed by atoms with van der Waals surface area (Å²) in [5.74, 6) is -1.77. The molecule has 1 unspecified atom stereocenters. The first-order valence-electron chi connectivity index (χ1n) is 14.9. The molecule has 3 aromatic carbocycles. The van der Waals surface area contributed by atoms with Crippen LogP contribution in [0.5, 0.6) is 0 Å². The molecule has 2 aliphatic rings. The SMILES string of the molecule is O=C(Nc1ccc(C2SC(=Nc3ccc(C(F)(F)F)c(F)c3)N(Cc3ccco3)C2=O)cc1)[C@@H]1CCCN1C(=O)OCc1ccccc1. The largest absolute Gasteiger partial charge is 0.467 e. The van der Waals surface area contributed by atoms with Crippen LogP contribution in [0.1, 0.15) is 40.5 Å². The molecule has 0 bridgehead atoms. The number of halogens is 4. The molecular weight excluding hydrogens is 652 g/mol. The molecular formula is C34H28F4N4O5S. The maximum Gasteiger partial charge on any atom is 0.419 e. The van der Waals surface area contributed by atoms with Crippen molar-refractivity contribution in [3.8, 4) is 0 Å². The van der Waals surface area contributed by atoms with Crippen molar-refractivity contribution < 1.29 is 41.1 Å². The average Bonchev–Trinajstić information content (AvgIpc) is 3.83. The van der Waals surface area contributed by atoms with E-state index in [1.54, 1.807) is 36.4 Å². The van der Waals surface area contributed by atoms with Crippen LogP contribution in [0.15, 0.2) is 101 Å². The minimum Gasteiger partial charge on any atom is -0.467 e. The van der Waals surface area contributed by atoms with Gasteiger partial charge in [-0.1, -0.05) is 54.2 Å². The summed E-state index contributed by atoms with van der Waals surface area (Å²) in [5.41, 5.74) is 0.348. The van der Waals surface area contributed by atoms with Crippen LogP contribution in [0, 0.1) is 5.82 Å². The Morgan fingerprint density at radius 1 is 1.02 bits per heavy atom. The lowest BCUT2D eigenvalue weighted by atomic mass is 10.1. The number of aliphatic imine (C=N–C) groups is 1. The number of nitrogens with zero attached hydrogens (tertiary/aromatic N) is 3. The van der Waals surface area contributed by atoms with E-state index in [1.165, 1.54) is 16.1 Å². The molecule has 48 heavy (non-hydrogen) atoms. The lowest BCUT2D eigenvalue weighted by molar-refractivity contribution is -0.140. The number of anilines is 1. The predicted molar refractivity (Wildman–Crippen MR) is 170 cm³/mol. The third-order valence-corrected chi connectivity index (χ3v) is 9.03. The number of carbonyl (C=O) groups excluding carboxylic acids is 3. The normalized spacial score (nSPS) is 18.8. The molecule has 9 nitrogen and oxygen atoms in total. The van der Waals surface area contributed by atoms with Gasteiger partial charge in [-0.05, 0) is 60.4 Å². The minimum atomic E-state index is -4.86. The number of hydrogen-bond acceptors (Lipinski definition) is 7. The third kappa shape index (κ3) is 7.38. The van der Waals surface area contributed by atoms with Crippen molar-refractivity contribution in [3.05, 3.63) is 119 Å². The van der Waals surface area contributed by atoms with E-state index in [1.807, 2.05) is 30.3 Å². The van der Waals surface area contributed by atoms with Crippen LogP contribution >= 0.6 is 11.8 Å². The van der Waals surface area contributed by atoms with Crippen molar-refractivity contribution in [1.29, 1.82) is 0 Å². The van der Waals surface area contributed by atoms with E-state index in [0.29, 0.717) is 48.5 Å². The maximum absolute atomic E-state index is 14.3. The Labute approximate surface area is 276 Å². The van der Waals surface area contributed by atoms with Crippen LogP contribution in [0.25, 0.3) is 0 Å². The summed E-state index contributed by atoms with van der Waals surface area (Å²) in [6.45, 7) is 0.483. The fourth-order valence-corrected chi connectivity index (χ4v) is 6.57. The molecule has 3 amide bonds. The number of ether oxygens (including phenoxy) is 1. The van der Waals surface area contributed by atoms with Crippen LogP contribution in [0.4, 0.5) is 33.7 Å². The number of furan rings is 1. The summed E-state index contributed by atoms with van der Waals surface area (Å²) in [6.07, 6.45) is -2.86. The van der Waals surface area contributed by atoms with Gasteiger partial charge in [0, 0.05) is 18.3 Å². The standard InChI is InChI=1S/C34H28F4N4O5S/c35-27-18-24(14-15-26(27)34(36,37)38)40-32-42(19-25-8-5-17-46-25)31(44)29(48-32)22-10-12-23(13-11-22)39-30(43)28-9-4-16-41(28)33(45)47-20-21-6-2-1-3-7-21/h1-3,5-8,10-15,17-18,28-29H,4,9,16,19-20H2,(H,39,43)/t28-,29?/m0/s1. The van der Waals surface area contributed by atoms with Gasteiger partial charge in [0.05, 0.1) is 24.1 Å². The molecule has 0 radical (unpaired) electrons. The van der Waals surface area contributed by atoms with Gasteiger partial charge >= 0.3 is 12.3 Å². The number of nitrogens with one attached hydrogen (secondary N) is 1. The summed E-state index contributed by atoms with van der Waals surface area (Å²) in [4.78, 5) is 46.6. The van der Waals surface area contributed by atoms with Gasteiger partial charge < -0.3 is 14.5 Å². The molecule has 2 atom stereocenters. The van der Waals surface area contributed by atoms with Crippen molar-refractivity contribution in [1.82, 2.24) is 9.80 Å². The second-order valence-electron chi connectivity index (χ2n) is 11.1. The number of amides is 3. The van der Waals surface area contributed by atoms with Gasteiger partial charge in [-0.15, -0.1) is 0 Å².